The maximum atomic E-state index is 11.8. The molecule has 0 spiro atoms. The van der Waals surface area contributed by atoms with Crippen LogP contribution in [0.3, 0.4) is 0 Å². The van der Waals surface area contributed by atoms with Crippen LogP contribution in [0.5, 0.6) is 0 Å². The van der Waals surface area contributed by atoms with E-state index in [-0.39, 0.29) is 11.9 Å². The molecule has 2 aromatic heterocycles. The number of thiophene rings is 1. The molecule has 2 heterocycles. The first-order chi connectivity index (χ1) is 9.15. The maximum absolute atomic E-state index is 11.8. The van der Waals surface area contributed by atoms with Gasteiger partial charge in [0.1, 0.15) is 0 Å². The number of carbonyl (C=O) groups is 2. The minimum absolute atomic E-state index is 0.114. The molecular weight excluding hydrogens is 268 g/mol. The summed E-state index contributed by atoms with van der Waals surface area (Å²) in [4.78, 5) is 27.1. The number of anilines is 1. The molecule has 96 valence electrons. The molecule has 2 N–H and O–H groups in total. The number of nitrogens with zero attached hydrogens (tertiary/aromatic N) is 3. The lowest BCUT2D eigenvalue weighted by Crippen LogP contribution is -2.12. The van der Waals surface area contributed by atoms with Crippen LogP contribution in [0.25, 0.3) is 6.08 Å². The molecule has 2 aromatic rings. The van der Waals surface area contributed by atoms with Gasteiger partial charge in [-0.1, -0.05) is 0 Å². The van der Waals surface area contributed by atoms with Gasteiger partial charge in [0.15, 0.2) is 0 Å². The third-order valence-electron chi connectivity index (χ3n) is 1.95. The molecule has 0 aliphatic heterocycles. The lowest BCUT2D eigenvalue weighted by Gasteiger charge is -1.98. The van der Waals surface area contributed by atoms with E-state index in [2.05, 4.69) is 20.5 Å². The Balaban J connectivity index is 2.06. The number of rotatable bonds is 4. The van der Waals surface area contributed by atoms with Gasteiger partial charge < -0.3 is 5.11 Å². The van der Waals surface area contributed by atoms with Crippen LogP contribution in [0.2, 0.25) is 0 Å². The number of carboxylic acids is 1. The summed E-state index contributed by atoms with van der Waals surface area (Å²) in [5.74, 6) is -1.29. The van der Waals surface area contributed by atoms with Crippen molar-refractivity contribution in [3.63, 3.8) is 0 Å². The zero-order chi connectivity index (χ0) is 13.7. The van der Waals surface area contributed by atoms with E-state index in [9.17, 15) is 9.59 Å². The predicted octanol–water partition coefficient (Wildman–Crippen LogP) is 1.28. The Hall–Kier alpha value is -2.61. The van der Waals surface area contributed by atoms with Gasteiger partial charge in [0.2, 0.25) is 5.95 Å². The van der Waals surface area contributed by atoms with E-state index in [0.717, 1.165) is 17.4 Å². The first-order valence-corrected chi connectivity index (χ1v) is 5.92. The molecule has 1 amide bonds. The molecule has 0 unspecified atom stereocenters. The Morgan fingerprint density at radius 1 is 1.32 bits per heavy atom. The average molecular weight is 276 g/mol. The van der Waals surface area contributed by atoms with Crippen molar-refractivity contribution in [3.8, 4) is 0 Å². The SMILES string of the molecule is O=C(O)/C=C/c1ccc(C(=O)Nc2nccnn2)s1. The molecule has 0 aliphatic rings. The van der Waals surface area contributed by atoms with Crippen molar-refractivity contribution >= 4 is 35.2 Å². The van der Waals surface area contributed by atoms with Gasteiger partial charge in [-0.2, -0.15) is 5.10 Å². The van der Waals surface area contributed by atoms with Gasteiger partial charge in [0, 0.05) is 11.0 Å². The van der Waals surface area contributed by atoms with Crippen LogP contribution in [0.4, 0.5) is 5.95 Å². The van der Waals surface area contributed by atoms with Crippen molar-refractivity contribution in [1.82, 2.24) is 15.2 Å². The normalized spacial score (nSPS) is 10.5. The lowest BCUT2D eigenvalue weighted by atomic mass is 10.4. The fourth-order valence-corrected chi connectivity index (χ4v) is 1.99. The van der Waals surface area contributed by atoms with E-state index in [1.54, 1.807) is 12.1 Å². The summed E-state index contributed by atoms with van der Waals surface area (Å²) in [6.45, 7) is 0. The lowest BCUT2D eigenvalue weighted by molar-refractivity contribution is -0.131. The summed E-state index contributed by atoms with van der Waals surface area (Å²) in [7, 11) is 0. The largest absolute Gasteiger partial charge is 0.478 e. The summed E-state index contributed by atoms with van der Waals surface area (Å²) in [5.41, 5.74) is 0. The highest BCUT2D eigenvalue weighted by atomic mass is 32.1. The molecule has 19 heavy (non-hydrogen) atoms. The van der Waals surface area contributed by atoms with Gasteiger partial charge in [-0.3, -0.25) is 10.1 Å². The van der Waals surface area contributed by atoms with Gasteiger partial charge in [0.05, 0.1) is 17.3 Å². The van der Waals surface area contributed by atoms with Crippen molar-refractivity contribution in [3.05, 3.63) is 40.4 Å². The molecule has 0 saturated carbocycles. The van der Waals surface area contributed by atoms with Crippen LogP contribution in [0.15, 0.2) is 30.6 Å². The Morgan fingerprint density at radius 3 is 2.84 bits per heavy atom. The fourth-order valence-electron chi connectivity index (χ4n) is 1.19. The highest BCUT2D eigenvalue weighted by molar-refractivity contribution is 7.15. The number of nitrogens with one attached hydrogen (secondary N) is 1. The van der Waals surface area contributed by atoms with E-state index in [1.807, 2.05) is 0 Å². The first-order valence-electron chi connectivity index (χ1n) is 5.11. The van der Waals surface area contributed by atoms with Gasteiger partial charge in [-0.15, -0.1) is 16.4 Å². The molecular formula is C11H8N4O3S. The smallest absolute Gasteiger partial charge is 0.328 e. The zero-order valence-corrected chi connectivity index (χ0v) is 10.3. The van der Waals surface area contributed by atoms with Crippen LogP contribution in [-0.4, -0.2) is 32.2 Å². The molecule has 0 aliphatic carbocycles. The molecule has 7 nitrogen and oxygen atoms in total. The van der Waals surface area contributed by atoms with Gasteiger partial charge in [-0.25, -0.2) is 9.78 Å². The summed E-state index contributed by atoms with van der Waals surface area (Å²) in [6, 6.07) is 3.25. The van der Waals surface area contributed by atoms with E-state index >= 15 is 0 Å². The zero-order valence-electron chi connectivity index (χ0n) is 9.48. The molecule has 0 bridgehead atoms. The van der Waals surface area contributed by atoms with Crippen LogP contribution in [-0.2, 0) is 4.79 Å². The van der Waals surface area contributed by atoms with Crippen molar-refractivity contribution in [1.29, 1.82) is 0 Å². The molecule has 8 heteroatoms. The number of aliphatic carboxylic acids is 1. The minimum atomic E-state index is -1.04. The van der Waals surface area contributed by atoms with Crippen LogP contribution < -0.4 is 5.32 Å². The second kappa shape index (κ2) is 5.83. The number of aromatic nitrogens is 3. The summed E-state index contributed by atoms with van der Waals surface area (Å²) < 4.78 is 0. The van der Waals surface area contributed by atoms with Crippen LogP contribution >= 0.6 is 11.3 Å². The minimum Gasteiger partial charge on any atom is -0.478 e. The summed E-state index contributed by atoms with van der Waals surface area (Å²) >= 11 is 1.16. The number of amides is 1. The number of hydrogen-bond acceptors (Lipinski definition) is 6. The van der Waals surface area contributed by atoms with E-state index in [4.69, 9.17) is 5.11 Å². The average Bonchev–Trinajstić information content (AvgIpc) is 2.86. The molecule has 0 radical (unpaired) electrons. The predicted molar refractivity (Wildman–Crippen MR) is 68.8 cm³/mol. The quantitative estimate of drug-likeness (QED) is 0.815. The molecule has 0 fully saturated rings. The number of carboxylic acid groups (broad SMARTS) is 1. The Kier molecular flexibility index (Phi) is 3.94. The van der Waals surface area contributed by atoms with Crippen molar-refractivity contribution in [2.45, 2.75) is 0 Å². The molecule has 2 rings (SSSR count). The van der Waals surface area contributed by atoms with Gasteiger partial charge >= 0.3 is 5.97 Å². The second-order valence-electron chi connectivity index (χ2n) is 3.29. The van der Waals surface area contributed by atoms with Crippen molar-refractivity contribution < 1.29 is 14.7 Å². The molecule has 0 aromatic carbocycles. The van der Waals surface area contributed by atoms with E-state index < -0.39 is 5.97 Å². The van der Waals surface area contributed by atoms with Gasteiger partial charge in [0.25, 0.3) is 5.91 Å². The summed E-state index contributed by atoms with van der Waals surface area (Å²) in [5, 5.41) is 18.2. The van der Waals surface area contributed by atoms with E-state index in [0.29, 0.717) is 9.75 Å². The Morgan fingerprint density at radius 2 is 2.16 bits per heavy atom. The third kappa shape index (κ3) is 3.68. The summed E-state index contributed by atoms with van der Waals surface area (Å²) in [6.07, 6.45) is 5.25. The maximum Gasteiger partial charge on any atom is 0.328 e. The number of hydrogen-bond donors (Lipinski definition) is 2. The molecule has 0 atom stereocenters. The van der Waals surface area contributed by atoms with Crippen molar-refractivity contribution in [2.75, 3.05) is 5.32 Å². The van der Waals surface area contributed by atoms with Gasteiger partial charge in [-0.05, 0) is 18.2 Å². The first kappa shape index (κ1) is 12.8. The Bertz CT molecular complexity index is 624. The number of carbonyl (C=O) groups excluding carboxylic acids is 1. The van der Waals surface area contributed by atoms with Crippen molar-refractivity contribution in [2.24, 2.45) is 0 Å². The van der Waals surface area contributed by atoms with Crippen LogP contribution in [0.1, 0.15) is 14.5 Å². The standard InChI is InChI=1S/C11H8N4O3S/c16-9(17)4-2-7-1-3-8(19-7)10(18)14-11-12-5-6-13-15-11/h1-6H,(H,16,17)(H,12,14,15,18)/b4-2+. The van der Waals surface area contributed by atoms with Crippen LogP contribution in [0, 0.1) is 0 Å². The Labute approximate surface area is 111 Å². The molecule has 0 saturated heterocycles. The monoisotopic (exact) mass is 276 g/mol. The highest BCUT2D eigenvalue weighted by Gasteiger charge is 2.10. The van der Waals surface area contributed by atoms with E-state index in [1.165, 1.54) is 18.5 Å². The fraction of sp³-hybridized carbons (Fsp3) is 0. The topological polar surface area (TPSA) is 105 Å². The highest BCUT2D eigenvalue weighted by Crippen LogP contribution is 2.18. The third-order valence-corrected chi connectivity index (χ3v) is 3.00. The second-order valence-corrected chi connectivity index (χ2v) is 4.41.